The molecule has 0 saturated carbocycles. The van der Waals surface area contributed by atoms with Crippen molar-refractivity contribution in [1.29, 1.82) is 0 Å². The van der Waals surface area contributed by atoms with E-state index in [4.69, 9.17) is 0 Å². The molecule has 2 heterocycles. The van der Waals surface area contributed by atoms with Gasteiger partial charge in [0.15, 0.2) is 0 Å². The van der Waals surface area contributed by atoms with Crippen molar-refractivity contribution in [3.8, 4) is 0 Å². The lowest BCUT2D eigenvalue weighted by atomic mass is 10.1. The molecule has 2 N–H and O–H groups in total. The molecular weight excluding hydrogens is 340 g/mol. The standard InChI is InChI=1S/C21H30N4O2/c1-3-24(4-2)13-7-12-22-21(27)19-10-11-20(26)25(19)15-16-14-23-18-9-6-5-8-17(16)18/h5-6,8-9,14,19,23H,3-4,7,10-13,15H2,1-2H3,(H,22,27). The first-order valence-electron chi connectivity index (χ1n) is 9.98. The summed E-state index contributed by atoms with van der Waals surface area (Å²) in [6.07, 6.45) is 3.91. The zero-order valence-corrected chi connectivity index (χ0v) is 16.3. The molecule has 0 radical (unpaired) electrons. The van der Waals surface area contributed by atoms with Crippen LogP contribution in [0, 0.1) is 0 Å². The van der Waals surface area contributed by atoms with Gasteiger partial charge in [0.05, 0.1) is 0 Å². The van der Waals surface area contributed by atoms with Crippen molar-refractivity contribution in [2.24, 2.45) is 0 Å². The van der Waals surface area contributed by atoms with Gasteiger partial charge in [-0.15, -0.1) is 0 Å². The third kappa shape index (κ3) is 4.50. The maximum atomic E-state index is 12.7. The van der Waals surface area contributed by atoms with E-state index in [1.54, 1.807) is 4.90 Å². The Morgan fingerprint density at radius 2 is 2.07 bits per heavy atom. The highest BCUT2D eigenvalue weighted by atomic mass is 16.2. The van der Waals surface area contributed by atoms with Crippen LogP contribution >= 0.6 is 0 Å². The van der Waals surface area contributed by atoms with Gasteiger partial charge in [-0.25, -0.2) is 0 Å². The number of fused-ring (bicyclic) bond motifs is 1. The molecule has 6 nitrogen and oxygen atoms in total. The third-order valence-corrected chi connectivity index (χ3v) is 5.49. The molecule has 1 fully saturated rings. The molecule has 1 atom stereocenters. The predicted molar refractivity (Wildman–Crippen MR) is 107 cm³/mol. The summed E-state index contributed by atoms with van der Waals surface area (Å²) in [7, 11) is 0. The van der Waals surface area contributed by atoms with E-state index in [-0.39, 0.29) is 17.9 Å². The fraction of sp³-hybridized carbons (Fsp3) is 0.524. The smallest absolute Gasteiger partial charge is 0.242 e. The number of likely N-dealkylation sites (tertiary alicyclic amines) is 1. The fourth-order valence-corrected chi connectivity index (χ4v) is 3.82. The largest absolute Gasteiger partial charge is 0.361 e. The quantitative estimate of drug-likeness (QED) is 0.667. The molecule has 1 saturated heterocycles. The number of benzene rings is 1. The molecule has 0 spiro atoms. The van der Waals surface area contributed by atoms with Crippen LogP contribution < -0.4 is 5.32 Å². The first-order valence-corrected chi connectivity index (χ1v) is 9.98. The molecule has 1 aliphatic rings. The van der Waals surface area contributed by atoms with E-state index in [2.05, 4.69) is 29.0 Å². The second-order valence-corrected chi connectivity index (χ2v) is 7.11. The minimum absolute atomic E-state index is 0.0276. The van der Waals surface area contributed by atoms with Crippen LogP contribution in [0.2, 0.25) is 0 Å². The van der Waals surface area contributed by atoms with E-state index in [0.717, 1.165) is 42.5 Å². The monoisotopic (exact) mass is 370 g/mol. The number of H-pyrrole nitrogens is 1. The van der Waals surface area contributed by atoms with Gasteiger partial charge in [-0.05, 0) is 44.1 Å². The van der Waals surface area contributed by atoms with Gasteiger partial charge < -0.3 is 20.1 Å². The lowest BCUT2D eigenvalue weighted by molar-refractivity contribution is -0.135. The summed E-state index contributed by atoms with van der Waals surface area (Å²) in [5.41, 5.74) is 2.11. The van der Waals surface area contributed by atoms with Crippen LogP contribution in [0.1, 0.15) is 38.7 Å². The van der Waals surface area contributed by atoms with Gasteiger partial charge in [0.25, 0.3) is 0 Å². The van der Waals surface area contributed by atoms with Crippen LogP contribution in [0.5, 0.6) is 0 Å². The molecule has 1 aliphatic heterocycles. The first kappa shape index (κ1) is 19.4. The van der Waals surface area contributed by atoms with Crippen molar-refractivity contribution in [2.45, 2.75) is 45.7 Å². The Labute approximate surface area is 160 Å². The highest BCUT2D eigenvalue weighted by Gasteiger charge is 2.36. The highest BCUT2D eigenvalue weighted by Crippen LogP contribution is 2.25. The summed E-state index contributed by atoms with van der Waals surface area (Å²) in [6, 6.07) is 7.68. The second-order valence-electron chi connectivity index (χ2n) is 7.11. The van der Waals surface area contributed by atoms with Gasteiger partial charge in [0.2, 0.25) is 11.8 Å². The number of aromatic nitrogens is 1. The molecule has 2 amide bonds. The van der Waals surface area contributed by atoms with Gasteiger partial charge >= 0.3 is 0 Å². The third-order valence-electron chi connectivity index (χ3n) is 5.49. The maximum Gasteiger partial charge on any atom is 0.242 e. The Morgan fingerprint density at radius 3 is 2.85 bits per heavy atom. The molecular formula is C21H30N4O2. The van der Waals surface area contributed by atoms with Crippen LogP contribution in [-0.4, -0.2) is 58.8 Å². The molecule has 0 bridgehead atoms. The Morgan fingerprint density at radius 1 is 1.30 bits per heavy atom. The Hall–Kier alpha value is -2.34. The molecule has 1 unspecified atom stereocenters. The summed E-state index contributed by atoms with van der Waals surface area (Å²) >= 11 is 0. The van der Waals surface area contributed by atoms with Gasteiger partial charge in [-0.1, -0.05) is 32.0 Å². The van der Waals surface area contributed by atoms with Crippen LogP contribution in [0.4, 0.5) is 0 Å². The SMILES string of the molecule is CCN(CC)CCCNC(=O)C1CCC(=O)N1Cc1c[nH]c2ccccc12. The van der Waals surface area contributed by atoms with Gasteiger partial charge in [-0.2, -0.15) is 0 Å². The van der Waals surface area contributed by atoms with Gasteiger partial charge in [-0.3, -0.25) is 9.59 Å². The summed E-state index contributed by atoms with van der Waals surface area (Å²) < 4.78 is 0. The summed E-state index contributed by atoms with van der Waals surface area (Å²) in [6.45, 7) is 8.46. The van der Waals surface area contributed by atoms with E-state index >= 15 is 0 Å². The lowest BCUT2D eigenvalue weighted by Crippen LogP contribution is -2.44. The Bertz CT molecular complexity index is 781. The number of nitrogens with one attached hydrogen (secondary N) is 2. The first-order chi connectivity index (χ1) is 13.1. The molecule has 1 aromatic carbocycles. The highest BCUT2D eigenvalue weighted by molar-refractivity contribution is 5.91. The Kier molecular flexibility index (Phi) is 6.50. The topological polar surface area (TPSA) is 68.4 Å². The molecule has 3 rings (SSSR count). The van der Waals surface area contributed by atoms with Gasteiger partial charge in [0, 0.05) is 36.6 Å². The van der Waals surface area contributed by atoms with E-state index in [0.29, 0.717) is 25.9 Å². The second kappa shape index (κ2) is 9.04. The van der Waals surface area contributed by atoms with Gasteiger partial charge in [0.1, 0.15) is 6.04 Å². The summed E-state index contributed by atoms with van der Waals surface area (Å²) in [5.74, 6) is 0.0313. The lowest BCUT2D eigenvalue weighted by Gasteiger charge is -2.24. The molecule has 27 heavy (non-hydrogen) atoms. The zero-order chi connectivity index (χ0) is 19.2. The number of carbonyl (C=O) groups excluding carboxylic acids is 2. The molecule has 2 aromatic rings. The summed E-state index contributed by atoms with van der Waals surface area (Å²) in [5, 5.41) is 4.14. The average molecular weight is 370 g/mol. The van der Waals surface area contributed by atoms with Crippen molar-refractivity contribution in [3.63, 3.8) is 0 Å². The Balaban J connectivity index is 1.58. The number of hydrogen-bond acceptors (Lipinski definition) is 3. The molecule has 1 aromatic heterocycles. The average Bonchev–Trinajstić information content (AvgIpc) is 3.26. The number of para-hydroxylation sites is 1. The maximum absolute atomic E-state index is 12.7. The van der Waals surface area contributed by atoms with E-state index in [1.165, 1.54) is 0 Å². The summed E-state index contributed by atoms with van der Waals surface area (Å²) in [4.78, 5) is 32.3. The van der Waals surface area contributed by atoms with Crippen molar-refractivity contribution in [3.05, 3.63) is 36.0 Å². The number of rotatable bonds is 9. The molecule has 0 aliphatic carbocycles. The van der Waals surface area contributed by atoms with Crippen LogP contribution in [-0.2, 0) is 16.1 Å². The predicted octanol–water partition coefficient (Wildman–Crippen LogP) is 2.51. The van der Waals surface area contributed by atoms with Crippen molar-refractivity contribution in [2.75, 3.05) is 26.2 Å². The normalized spacial score (nSPS) is 17.2. The molecule has 6 heteroatoms. The van der Waals surface area contributed by atoms with Crippen molar-refractivity contribution < 1.29 is 9.59 Å². The number of nitrogens with zero attached hydrogens (tertiary/aromatic N) is 2. The van der Waals surface area contributed by atoms with E-state index in [9.17, 15) is 9.59 Å². The molecule has 146 valence electrons. The number of aromatic amines is 1. The zero-order valence-electron chi connectivity index (χ0n) is 16.3. The van der Waals surface area contributed by atoms with Crippen LogP contribution in [0.25, 0.3) is 10.9 Å². The van der Waals surface area contributed by atoms with E-state index < -0.39 is 0 Å². The minimum atomic E-state index is -0.361. The minimum Gasteiger partial charge on any atom is -0.361 e. The number of carbonyl (C=O) groups is 2. The number of hydrogen-bond donors (Lipinski definition) is 2. The van der Waals surface area contributed by atoms with Crippen molar-refractivity contribution >= 4 is 22.7 Å². The van der Waals surface area contributed by atoms with Crippen LogP contribution in [0.15, 0.2) is 30.5 Å². The van der Waals surface area contributed by atoms with Crippen molar-refractivity contribution in [1.82, 2.24) is 20.1 Å². The number of amides is 2. The van der Waals surface area contributed by atoms with Crippen LogP contribution in [0.3, 0.4) is 0 Å². The fourth-order valence-electron chi connectivity index (χ4n) is 3.82. The van der Waals surface area contributed by atoms with E-state index in [1.807, 2.05) is 30.5 Å².